The smallest absolute Gasteiger partial charge is 0.319 e. The van der Waals surface area contributed by atoms with E-state index in [1.807, 2.05) is 0 Å². The lowest BCUT2D eigenvalue weighted by Crippen LogP contribution is -2.18. The third-order valence-corrected chi connectivity index (χ3v) is 3.86. The topological polar surface area (TPSA) is 52.1 Å². The number of carbonyl (C=O) groups is 1. The van der Waals surface area contributed by atoms with Gasteiger partial charge in [0.25, 0.3) is 0 Å². The van der Waals surface area contributed by atoms with Crippen LogP contribution in [0.2, 0.25) is 0 Å². The number of hydrogen-bond acceptors (Lipinski definition) is 6. The Bertz CT molecular complexity index is 290. The monoisotopic (exact) mass is 246 g/mol. The minimum absolute atomic E-state index is 0.150. The predicted octanol–water partition coefficient (Wildman–Crippen LogP) is 2.36. The van der Waals surface area contributed by atoms with Gasteiger partial charge in [-0.1, -0.05) is 31.5 Å². The van der Waals surface area contributed by atoms with Crippen LogP contribution in [0.1, 0.15) is 26.2 Å². The van der Waals surface area contributed by atoms with Gasteiger partial charge in [-0.2, -0.15) is 4.37 Å². The van der Waals surface area contributed by atoms with Crippen molar-refractivity contribution in [2.75, 3.05) is 7.11 Å². The summed E-state index contributed by atoms with van der Waals surface area (Å²) in [7, 11) is 1.42. The SMILES string of the molecule is CCCCC(Sc1ncns1)C(=O)OC. The van der Waals surface area contributed by atoms with Crippen LogP contribution in [0.3, 0.4) is 0 Å². The number of rotatable bonds is 6. The van der Waals surface area contributed by atoms with Crippen LogP contribution in [0.15, 0.2) is 10.7 Å². The highest BCUT2D eigenvalue weighted by molar-refractivity contribution is 8.02. The van der Waals surface area contributed by atoms with Crippen LogP contribution in [0.4, 0.5) is 0 Å². The maximum atomic E-state index is 11.5. The van der Waals surface area contributed by atoms with E-state index in [2.05, 4.69) is 16.3 Å². The van der Waals surface area contributed by atoms with E-state index in [4.69, 9.17) is 4.74 Å². The first-order valence-corrected chi connectivity index (χ1v) is 6.44. The number of esters is 1. The van der Waals surface area contributed by atoms with Crippen LogP contribution in [-0.2, 0) is 9.53 Å². The summed E-state index contributed by atoms with van der Waals surface area (Å²) < 4.78 is 9.47. The fraction of sp³-hybridized carbons (Fsp3) is 0.667. The van der Waals surface area contributed by atoms with E-state index in [9.17, 15) is 4.79 Å². The summed E-state index contributed by atoms with van der Waals surface area (Å²) in [5.74, 6) is -0.177. The van der Waals surface area contributed by atoms with Gasteiger partial charge in [0.15, 0.2) is 4.34 Å². The van der Waals surface area contributed by atoms with Crippen molar-refractivity contribution < 1.29 is 9.53 Å². The highest BCUT2D eigenvalue weighted by atomic mass is 32.2. The molecule has 1 aromatic rings. The number of unbranched alkanes of at least 4 members (excludes halogenated alkanes) is 1. The number of thioether (sulfide) groups is 1. The zero-order valence-corrected chi connectivity index (χ0v) is 10.4. The predicted molar refractivity (Wildman–Crippen MR) is 61.1 cm³/mol. The van der Waals surface area contributed by atoms with Crippen LogP contribution >= 0.6 is 23.3 Å². The fourth-order valence-electron chi connectivity index (χ4n) is 1.08. The number of aromatic nitrogens is 2. The van der Waals surface area contributed by atoms with Crippen molar-refractivity contribution in [3.05, 3.63) is 6.33 Å². The summed E-state index contributed by atoms with van der Waals surface area (Å²) in [6, 6.07) is 0. The maximum Gasteiger partial charge on any atom is 0.319 e. The molecule has 0 fully saturated rings. The first-order valence-electron chi connectivity index (χ1n) is 4.79. The molecule has 1 aromatic heterocycles. The van der Waals surface area contributed by atoms with Gasteiger partial charge in [0.1, 0.15) is 11.6 Å². The zero-order valence-electron chi connectivity index (χ0n) is 8.80. The van der Waals surface area contributed by atoms with Crippen LogP contribution in [-0.4, -0.2) is 27.7 Å². The lowest BCUT2D eigenvalue weighted by atomic mass is 10.2. The summed E-state index contributed by atoms with van der Waals surface area (Å²) >= 11 is 2.75. The van der Waals surface area contributed by atoms with E-state index in [1.165, 1.54) is 36.7 Å². The summed E-state index contributed by atoms with van der Waals surface area (Å²) in [6.45, 7) is 2.10. The second kappa shape index (κ2) is 6.79. The van der Waals surface area contributed by atoms with Gasteiger partial charge in [-0.05, 0) is 18.0 Å². The Morgan fingerprint density at radius 2 is 2.53 bits per heavy atom. The van der Waals surface area contributed by atoms with Gasteiger partial charge >= 0.3 is 5.97 Å². The highest BCUT2D eigenvalue weighted by Crippen LogP contribution is 2.27. The number of hydrogen-bond donors (Lipinski definition) is 0. The molecule has 84 valence electrons. The van der Waals surface area contributed by atoms with Crippen molar-refractivity contribution >= 4 is 29.3 Å². The van der Waals surface area contributed by atoms with E-state index in [0.717, 1.165) is 23.6 Å². The van der Waals surface area contributed by atoms with E-state index < -0.39 is 0 Å². The molecule has 0 bridgehead atoms. The largest absolute Gasteiger partial charge is 0.468 e. The Kier molecular flexibility index (Phi) is 5.63. The molecule has 1 rings (SSSR count). The Hall–Kier alpha value is -0.620. The van der Waals surface area contributed by atoms with E-state index in [-0.39, 0.29) is 11.2 Å². The highest BCUT2D eigenvalue weighted by Gasteiger charge is 2.21. The van der Waals surface area contributed by atoms with Gasteiger partial charge < -0.3 is 4.74 Å². The summed E-state index contributed by atoms with van der Waals surface area (Å²) in [5, 5.41) is -0.150. The minimum atomic E-state index is -0.177. The molecule has 6 heteroatoms. The first kappa shape index (κ1) is 12.4. The molecule has 0 amide bonds. The number of carbonyl (C=O) groups excluding carboxylic acids is 1. The van der Waals surface area contributed by atoms with E-state index in [0.29, 0.717) is 0 Å². The Morgan fingerprint density at radius 3 is 3.07 bits per heavy atom. The molecule has 0 aliphatic heterocycles. The first-order chi connectivity index (χ1) is 7.27. The Morgan fingerprint density at radius 1 is 1.73 bits per heavy atom. The van der Waals surface area contributed by atoms with Gasteiger partial charge in [-0.3, -0.25) is 4.79 Å². The van der Waals surface area contributed by atoms with Gasteiger partial charge in [0.05, 0.1) is 7.11 Å². The second-order valence-electron chi connectivity index (χ2n) is 2.98. The lowest BCUT2D eigenvalue weighted by molar-refractivity contribution is -0.140. The van der Waals surface area contributed by atoms with Crippen molar-refractivity contribution in [3.63, 3.8) is 0 Å². The summed E-state index contributed by atoms with van der Waals surface area (Å²) in [6.07, 6.45) is 4.42. The molecule has 1 atom stereocenters. The molecule has 0 saturated carbocycles. The average Bonchev–Trinajstić information content (AvgIpc) is 2.75. The van der Waals surface area contributed by atoms with Crippen LogP contribution in [0, 0.1) is 0 Å². The molecule has 0 aromatic carbocycles. The summed E-state index contributed by atoms with van der Waals surface area (Å²) in [4.78, 5) is 15.5. The van der Waals surface area contributed by atoms with E-state index in [1.54, 1.807) is 0 Å². The number of methoxy groups -OCH3 is 1. The fourth-order valence-corrected chi connectivity index (χ4v) is 2.84. The molecule has 4 nitrogen and oxygen atoms in total. The zero-order chi connectivity index (χ0) is 11.1. The van der Waals surface area contributed by atoms with Crippen molar-refractivity contribution in [2.24, 2.45) is 0 Å². The molecule has 0 saturated heterocycles. The minimum Gasteiger partial charge on any atom is -0.468 e. The van der Waals surface area contributed by atoms with Crippen molar-refractivity contribution in [2.45, 2.75) is 35.8 Å². The van der Waals surface area contributed by atoms with Crippen molar-refractivity contribution in [1.29, 1.82) is 0 Å². The maximum absolute atomic E-state index is 11.5. The molecule has 0 aliphatic rings. The molecule has 0 aliphatic carbocycles. The Labute approximate surface area is 97.6 Å². The average molecular weight is 246 g/mol. The molecule has 15 heavy (non-hydrogen) atoms. The molecular formula is C9H14N2O2S2. The van der Waals surface area contributed by atoms with Gasteiger partial charge in [0.2, 0.25) is 0 Å². The molecule has 1 unspecified atom stereocenters. The molecule has 1 heterocycles. The van der Waals surface area contributed by atoms with Crippen LogP contribution < -0.4 is 0 Å². The molecule has 0 N–H and O–H groups in total. The normalized spacial score (nSPS) is 12.4. The number of nitrogens with zero attached hydrogens (tertiary/aromatic N) is 2. The van der Waals surface area contributed by atoms with Gasteiger partial charge in [-0.25, -0.2) is 4.98 Å². The van der Waals surface area contributed by atoms with Gasteiger partial charge in [-0.15, -0.1) is 0 Å². The van der Waals surface area contributed by atoms with E-state index >= 15 is 0 Å². The lowest BCUT2D eigenvalue weighted by Gasteiger charge is -2.11. The Balaban J connectivity index is 2.52. The third-order valence-electron chi connectivity index (χ3n) is 1.87. The molecule has 0 spiro atoms. The standard InChI is InChI=1S/C9H14N2O2S2/c1-3-4-5-7(8(12)13-2)14-9-10-6-11-15-9/h6-7H,3-5H2,1-2H3. The van der Waals surface area contributed by atoms with Crippen LogP contribution in [0.5, 0.6) is 0 Å². The van der Waals surface area contributed by atoms with Gasteiger partial charge in [0, 0.05) is 0 Å². The summed E-state index contributed by atoms with van der Waals surface area (Å²) in [5.41, 5.74) is 0. The quantitative estimate of drug-likeness (QED) is 0.569. The third kappa shape index (κ3) is 4.17. The van der Waals surface area contributed by atoms with Crippen LogP contribution in [0.25, 0.3) is 0 Å². The number of ether oxygens (including phenoxy) is 1. The van der Waals surface area contributed by atoms with Crippen molar-refractivity contribution in [1.82, 2.24) is 9.36 Å². The molecule has 0 radical (unpaired) electrons. The molecular weight excluding hydrogens is 232 g/mol. The second-order valence-corrected chi connectivity index (χ2v) is 5.21. The van der Waals surface area contributed by atoms with Crippen molar-refractivity contribution in [3.8, 4) is 0 Å².